The fraction of sp³-hybridized carbons (Fsp3) is 0.900. The molecule has 0 aromatic rings. The highest BCUT2D eigenvalue weighted by Gasteiger charge is 2.12. The zero-order chi connectivity index (χ0) is 10.4. The molecule has 1 rings (SSSR count). The van der Waals surface area contributed by atoms with E-state index in [-0.39, 0.29) is 5.91 Å². The fourth-order valence-corrected chi connectivity index (χ4v) is 1.62. The number of nitrogens with zero attached hydrogens (tertiary/aromatic N) is 1. The molecule has 1 aliphatic rings. The predicted octanol–water partition coefficient (Wildman–Crippen LogP) is -0.0307. The first kappa shape index (κ1) is 11.5. The molecule has 0 radical (unpaired) electrons. The second-order valence-corrected chi connectivity index (χ2v) is 3.95. The van der Waals surface area contributed by atoms with Gasteiger partial charge in [-0.05, 0) is 32.9 Å². The minimum absolute atomic E-state index is 0.0396. The summed E-state index contributed by atoms with van der Waals surface area (Å²) in [6.45, 7) is 5.14. The highest BCUT2D eigenvalue weighted by atomic mass is 16.3. The van der Waals surface area contributed by atoms with Gasteiger partial charge in [-0.2, -0.15) is 0 Å². The molecule has 0 aromatic heterocycles. The lowest BCUT2D eigenvalue weighted by Crippen LogP contribution is -2.33. The van der Waals surface area contributed by atoms with Crippen LogP contribution in [0.5, 0.6) is 0 Å². The Hall–Kier alpha value is -0.610. The zero-order valence-electron chi connectivity index (χ0n) is 8.83. The summed E-state index contributed by atoms with van der Waals surface area (Å²) >= 11 is 0. The number of likely N-dealkylation sites (tertiary alicyclic amines) is 1. The Morgan fingerprint density at radius 3 is 2.71 bits per heavy atom. The second-order valence-electron chi connectivity index (χ2n) is 3.95. The van der Waals surface area contributed by atoms with Crippen molar-refractivity contribution in [3.63, 3.8) is 0 Å². The Balaban J connectivity index is 2.02. The molecule has 82 valence electrons. The molecule has 1 atom stereocenters. The summed E-state index contributed by atoms with van der Waals surface area (Å²) in [5.74, 6) is 0.0396. The maximum atomic E-state index is 11.3. The number of aliphatic hydroxyl groups excluding tert-OH is 1. The number of carbonyl (C=O) groups is 1. The fourth-order valence-electron chi connectivity index (χ4n) is 1.62. The summed E-state index contributed by atoms with van der Waals surface area (Å²) < 4.78 is 0. The van der Waals surface area contributed by atoms with Crippen molar-refractivity contribution in [3.8, 4) is 0 Å². The van der Waals surface area contributed by atoms with Gasteiger partial charge in [-0.15, -0.1) is 0 Å². The van der Waals surface area contributed by atoms with Gasteiger partial charge in [0.1, 0.15) is 0 Å². The smallest absolute Gasteiger partial charge is 0.221 e. The number of hydrogen-bond donors (Lipinski definition) is 2. The van der Waals surface area contributed by atoms with Crippen LogP contribution >= 0.6 is 0 Å². The van der Waals surface area contributed by atoms with Crippen LogP contribution < -0.4 is 5.32 Å². The number of aliphatic hydroxyl groups is 1. The number of amides is 1. The van der Waals surface area contributed by atoms with Crippen LogP contribution in [0.15, 0.2) is 0 Å². The van der Waals surface area contributed by atoms with Crippen LogP contribution in [0.25, 0.3) is 0 Å². The third kappa shape index (κ3) is 4.58. The molecule has 2 N–H and O–H groups in total. The first-order valence-corrected chi connectivity index (χ1v) is 5.35. The molecule has 1 heterocycles. The van der Waals surface area contributed by atoms with Crippen LogP contribution in [0.3, 0.4) is 0 Å². The van der Waals surface area contributed by atoms with E-state index in [0.717, 1.165) is 19.6 Å². The molecule has 0 unspecified atom stereocenters. The van der Waals surface area contributed by atoms with E-state index >= 15 is 0 Å². The Kier molecular flexibility index (Phi) is 4.90. The van der Waals surface area contributed by atoms with Gasteiger partial charge in [0.15, 0.2) is 0 Å². The first-order valence-electron chi connectivity index (χ1n) is 5.35. The molecule has 0 bridgehead atoms. The molecule has 14 heavy (non-hydrogen) atoms. The van der Waals surface area contributed by atoms with E-state index < -0.39 is 6.10 Å². The van der Waals surface area contributed by atoms with Crippen molar-refractivity contribution in [3.05, 3.63) is 0 Å². The Labute approximate surface area is 85.3 Å². The summed E-state index contributed by atoms with van der Waals surface area (Å²) in [7, 11) is 0. The van der Waals surface area contributed by atoms with Gasteiger partial charge in [0.25, 0.3) is 0 Å². The van der Waals surface area contributed by atoms with Gasteiger partial charge in [-0.1, -0.05) is 0 Å². The molecule has 4 nitrogen and oxygen atoms in total. The number of carbonyl (C=O) groups excluding carboxylic acids is 1. The lowest BCUT2D eigenvalue weighted by atomic mass is 10.3. The van der Waals surface area contributed by atoms with Crippen LogP contribution in [0.4, 0.5) is 0 Å². The predicted molar refractivity (Wildman–Crippen MR) is 55.0 cm³/mol. The van der Waals surface area contributed by atoms with Gasteiger partial charge in [0.2, 0.25) is 5.91 Å². The van der Waals surface area contributed by atoms with Crippen molar-refractivity contribution in [2.75, 3.05) is 26.2 Å². The lowest BCUT2D eigenvalue weighted by molar-refractivity contribution is -0.121. The van der Waals surface area contributed by atoms with Gasteiger partial charge in [-0.3, -0.25) is 4.79 Å². The monoisotopic (exact) mass is 200 g/mol. The normalized spacial score (nSPS) is 19.6. The van der Waals surface area contributed by atoms with Crippen molar-refractivity contribution in [1.82, 2.24) is 10.2 Å². The second kappa shape index (κ2) is 5.98. The summed E-state index contributed by atoms with van der Waals surface area (Å²) in [5.41, 5.74) is 0. The summed E-state index contributed by atoms with van der Waals surface area (Å²) in [4.78, 5) is 13.6. The van der Waals surface area contributed by atoms with E-state index in [1.54, 1.807) is 6.92 Å². The molecule has 4 heteroatoms. The topological polar surface area (TPSA) is 52.6 Å². The molecular formula is C10H20N2O2. The average Bonchev–Trinajstić information content (AvgIpc) is 2.63. The Morgan fingerprint density at radius 1 is 1.50 bits per heavy atom. The highest BCUT2D eigenvalue weighted by molar-refractivity contribution is 5.76. The summed E-state index contributed by atoms with van der Waals surface area (Å²) in [6.07, 6.45) is 2.61. The van der Waals surface area contributed by atoms with Gasteiger partial charge < -0.3 is 15.3 Å². The zero-order valence-corrected chi connectivity index (χ0v) is 8.83. The number of nitrogens with one attached hydrogen (secondary N) is 1. The van der Waals surface area contributed by atoms with Gasteiger partial charge in [0.05, 0.1) is 6.10 Å². The van der Waals surface area contributed by atoms with E-state index in [1.165, 1.54) is 12.8 Å². The van der Waals surface area contributed by atoms with E-state index in [9.17, 15) is 4.79 Å². The maximum Gasteiger partial charge on any atom is 0.221 e. The van der Waals surface area contributed by atoms with Crippen LogP contribution in [0.1, 0.15) is 26.2 Å². The average molecular weight is 200 g/mol. The minimum atomic E-state index is -0.453. The minimum Gasteiger partial charge on any atom is -0.392 e. The van der Waals surface area contributed by atoms with E-state index in [1.807, 2.05) is 0 Å². The SMILES string of the molecule is C[C@H](O)CNC(=O)CCN1CCCC1. The molecule has 0 aliphatic carbocycles. The molecule has 0 spiro atoms. The number of hydrogen-bond acceptors (Lipinski definition) is 3. The molecule has 0 saturated carbocycles. The lowest BCUT2D eigenvalue weighted by Gasteiger charge is -2.14. The Bertz CT molecular complexity index is 177. The van der Waals surface area contributed by atoms with E-state index in [0.29, 0.717) is 13.0 Å². The van der Waals surface area contributed by atoms with Crippen molar-refractivity contribution in [1.29, 1.82) is 0 Å². The van der Waals surface area contributed by atoms with E-state index in [4.69, 9.17) is 5.11 Å². The van der Waals surface area contributed by atoms with Crippen molar-refractivity contribution < 1.29 is 9.90 Å². The molecule has 0 aromatic carbocycles. The summed E-state index contributed by atoms with van der Waals surface area (Å²) in [6, 6.07) is 0. The number of rotatable bonds is 5. The molecule has 1 fully saturated rings. The first-order chi connectivity index (χ1) is 6.68. The Morgan fingerprint density at radius 2 is 2.14 bits per heavy atom. The van der Waals surface area contributed by atoms with Crippen molar-refractivity contribution >= 4 is 5.91 Å². The van der Waals surface area contributed by atoms with Crippen LogP contribution in [0, 0.1) is 0 Å². The molecular weight excluding hydrogens is 180 g/mol. The van der Waals surface area contributed by atoms with Crippen LogP contribution in [0.2, 0.25) is 0 Å². The van der Waals surface area contributed by atoms with E-state index in [2.05, 4.69) is 10.2 Å². The quantitative estimate of drug-likeness (QED) is 0.655. The summed E-state index contributed by atoms with van der Waals surface area (Å²) in [5, 5.41) is 11.6. The molecule has 1 amide bonds. The van der Waals surface area contributed by atoms with Crippen LogP contribution in [-0.4, -0.2) is 48.2 Å². The van der Waals surface area contributed by atoms with Crippen LogP contribution in [-0.2, 0) is 4.79 Å². The standard InChI is InChI=1S/C10H20N2O2/c1-9(13)8-11-10(14)4-7-12-5-2-3-6-12/h9,13H,2-8H2,1H3,(H,11,14)/t9-/m0/s1. The maximum absolute atomic E-state index is 11.3. The highest BCUT2D eigenvalue weighted by Crippen LogP contribution is 2.06. The third-order valence-electron chi connectivity index (χ3n) is 2.45. The van der Waals surface area contributed by atoms with Gasteiger partial charge >= 0.3 is 0 Å². The molecule has 1 saturated heterocycles. The van der Waals surface area contributed by atoms with Gasteiger partial charge in [0, 0.05) is 19.5 Å². The van der Waals surface area contributed by atoms with Gasteiger partial charge in [-0.25, -0.2) is 0 Å². The molecule has 1 aliphatic heterocycles. The van der Waals surface area contributed by atoms with Crippen molar-refractivity contribution in [2.24, 2.45) is 0 Å². The largest absolute Gasteiger partial charge is 0.392 e. The van der Waals surface area contributed by atoms with Crippen molar-refractivity contribution in [2.45, 2.75) is 32.3 Å². The third-order valence-corrected chi connectivity index (χ3v) is 2.45.